The number of carbonyl (C=O) groups is 1. The molecule has 30 heavy (non-hydrogen) atoms. The molecule has 4 rings (SSSR count). The summed E-state index contributed by atoms with van der Waals surface area (Å²) in [4.78, 5) is 16.9. The van der Waals surface area contributed by atoms with Crippen molar-refractivity contribution in [1.82, 2.24) is 9.29 Å². The summed E-state index contributed by atoms with van der Waals surface area (Å²) < 4.78 is 37.9. The molecule has 8 heteroatoms. The molecule has 0 saturated carbocycles. The van der Waals surface area contributed by atoms with E-state index in [0.717, 1.165) is 24.8 Å². The lowest BCUT2D eigenvalue weighted by molar-refractivity contribution is 0.0467. The molecule has 0 radical (unpaired) electrons. The van der Waals surface area contributed by atoms with E-state index in [-0.39, 0.29) is 17.1 Å². The van der Waals surface area contributed by atoms with Gasteiger partial charge in [0.05, 0.1) is 10.5 Å². The fourth-order valence-corrected chi connectivity index (χ4v) is 4.91. The third kappa shape index (κ3) is 4.44. The summed E-state index contributed by atoms with van der Waals surface area (Å²) in [7, 11) is -3.61. The van der Waals surface area contributed by atoms with Gasteiger partial charge >= 0.3 is 5.97 Å². The lowest BCUT2D eigenvalue weighted by atomic mass is 10.2. The third-order valence-corrected chi connectivity index (χ3v) is 6.84. The molecular weight excluding hydrogens is 404 g/mol. The zero-order valence-electron chi connectivity index (χ0n) is 16.4. The second-order valence-corrected chi connectivity index (χ2v) is 9.02. The van der Waals surface area contributed by atoms with Crippen molar-refractivity contribution >= 4 is 16.0 Å². The second kappa shape index (κ2) is 8.81. The molecular formula is C22H22N2O5S. The molecule has 1 aliphatic heterocycles. The number of sulfonamides is 1. The zero-order chi connectivity index (χ0) is 21.0. The normalized spacial score (nSPS) is 15.1. The van der Waals surface area contributed by atoms with Crippen LogP contribution in [0.3, 0.4) is 0 Å². The molecule has 1 saturated heterocycles. The van der Waals surface area contributed by atoms with Crippen molar-refractivity contribution in [2.24, 2.45) is 0 Å². The Hall–Kier alpha value is -2.97. The molecule has 1 aromatic heterocycles. The highest BCUT2D eigenvalue weighted by Crippen LogP contribution is 2.22. The Kier molecular flexibility index (Phi) is 5.96. The standard InChI is InChI=1S/C22H22N2O5S/c25-22(29-16-19-15-28-21(23-19)17-8-3-1-4-9-17)18-10-7-11-20(14-18)30(26,27)24-12-5-2-6-13-24/h1,3-4,7-11,14-15H,2,5-6,12-13,16H2. The summed E-state index contributed by atoms with van der Waals surface area (Å²) in [6.07, 6.45) is 4.17. The number of carbonyl (C=O) groups excluding carboxylic acids is 1. The van der Waals surface area contributed by atoms with Crippen LogP contribution in [0, 0.1) is 0 Å². The Morgan fingerprint density at radius 3 is 2.57 bits per heavy atom. The summed E-state index contributed by atoms with van der Waals surface area (Å²) in [5.41, 5.74) is 1.48. The molecule has 0 aliphatic carbocycles. The molecule has 3 aromatic rings. The molecule has 0 bridgehead atoms. The van der Waals surface area contributed by atoms with Gasteiger partial charge in [-0.25, -0.2) is 18.2 Å². The first-order chi connectivity index (χ1) is 14.5. The van der Waals surface area contributed by atoms with E-state index in [9.17, 15) is 13.2 Å². The maximum absolute atomic E-state index is 12.8. The Labute approximate surface area is 175 Å². The Morgan fingerprint density at radius 2 is 1.80 bits per heavy atom. The third-order valence-electron chi connectivity index (χ3n) is 4.95. The molecule has 2 heterocycles. The summed E-state index contributed by atoms with van der Waals surface area (Å²) >= 11 is 0. The zero-order valence-corrected chi connectivity index (χ0v) is 17.2. The van der Waals surface area contributed by atoms with Gasteiger partial charge in [-0.1, -0.05) is 30.7 Å². The first-order valence-corrected chi connectivity index (χ1v) is 11.3. The highest BCUT2D eigenvalue weighted by atomic mass is 32.2. The summed E-state index contributed by atoms with van der Waals surface area (Å²) in [5.74, 6) is -0.175. The topological polar surface area (TPSA) is 89.7 Å². The smallest absolute Gasteiger partial charge is 0.338 e. The molecule has 0 amide bonds. The van der Waals surface area contributed by atoms with Crippen molar-refractivity contribution in [2.45, 2.75) is 30.8 Å². The average molecular weight is 426 g/mol. The molecule has 0 atom stereocenters. The van der Waals surface area contributed by atoms with E-state index in [2.05, 4.69) is 4.98 Å². The largest absolute Gasteiger partial charge is 0.455 e. The van der Waals surface area contributed by atoms with Crippen LogP contribution in [0.1, 0.15) is 35.3 Å². The quantitative estimate of drug-likeness (QED) is 0.556. The molecule has 1 fully saturated rings. The van der Waals surface area contributed by atoms with E-state index in [0.29, 0.717) is 24.7 Å². The monoisotopic (exact) mass is 426 g/mol. The van der Waals surface area contributed by atoms with E-state index < -0.39 is 16.0 Å². The minimum Gasteiger partial charge on any atom is -0.455 e. The van der Waals surface area contributed by atoms with Crippen LogP contribution in [-0.2, 0) is 21.4 Å². The van der Waals surface area contributed by atoms with Crippen molar-refractivity contribution in [3.63, 3.8) is 0 Å². The van der Waals surface area contributed by atoms with Crippen LogP contribution >= 0.6 is 0 Å². The van der Waals surface area contributed by atoms with Gasteiger partial charge in [0.2, 0.25) is 15.9 Å². The number of oxazole rings is 1. The van der Waals surface area contributed by atoms with E-state index >= 15 is 0 Å². The SMILES string of the molecule is O=C(OCc1coc(-c2ccccc2)n1)c1cccc(S(=O)(=O)N2CCCCC2)c1. The highest BCUT2D eigenvalue weighted by Gasteiger charge is 2.26. The van der Waals surface area contributed by atoms with Crippen molar-refractivity contribution in [3.05, 3.63) is 72.1 Å². The minimum absolute atomic E-state index is 0.0712. The van der Waals surface area contributed by atoms with Crippen LogP contribution in [-0.4, -0.2) is 36.8 Å². The molecule has 0 spiro atoms. The fourth-order valence-electron chi connectivity index (χ4n) is 3.35. The lowest BCUT2D eigenvalue weighted by Gasteiger charge is -2.25. The van der Waals surface area contributed by atoms with Gasteiger partial charge in [0.15, 0.2) is 0 Å². The van der Waals surface area contributed by atoms with Crippen LogP contribution in [0.5, 0.6) is 0 Å². The van der Waals surface area contributed by atoms with Gasteiger partial charge in [-0.2, -0.15) is 4.31 Å². The number of esters is 1. The second-order valence-electron chi connectivity index (χ2n) is 7.08. The fraction of sp³-hybridized carbons (Fsp3) is 0.273. The van der Waals surface area contributed by atoms with Crippen molar-refractivity contribution in [3.8, 4) is 11.5 Å². The average Bonchev–Trinajstić information content (AvgIpc) is 3.28. The van der Waals surface area contributed by atoms with E-state index in [1.165, 1.54) is 28.8 Å². The van der Waals surface area contributed by atoms with Gasteiger partial charge in [0.25, 0.3) is 0 Å². The minimum atomic E-state index is -3.61. The van der Waals surface area contributed by atoms with E-state index in [4.69, 9.17) is 9.15 Å². The van der Waals surface area contributed by atoms with Crippen LogP contribution in [0.15, 0.2) is 70.2 Å². The van der Waals surface area contributed by atoms with Crippen LogP contribution in [0.4, 0.5) is 0 Å². The molecule has 0 N–H and O–H groups in total. The summed E-state index contributed by atoms with van der Waals surface area (Å²) in [5, 5.41) is 0. The number of hydrogen-bond donors (Lipinski definition) is 0. The van der Waals surface area contributed by atoms with Gasteiger partial charge in [0.1, 0.15) is 18.6 Å². The Balaban J connectivity index is 1.43. The van der Waals surface area contributed by atoms with Crippen LogP contribution < -0.4 is 0 Å². The van der Waals surface area contributed by atoms with E-state index in [1.54, 1.807) is 6.07 Å². The summed E-state index contributed by atoms with van der Waals surface area (Å²) in [6, 6.07) is 15.4. The first kappa shape index (κ1) is 20.3. The maximum Gasteiger partial charge on any atom is 0.338 e. The molecule has 2 aromatic carbocycles. The molecule has 7 nitrogen and oxygen atoms in total. The van der Waals surface area contributed by atoms with Crippen LogP contribution in [0.2, 0.25) is 0 Å². The number of aromatic nitrogens is 1. The number of ether oxygens (including phenoxy) is 1. The van der Waals surface area contributed by atoms with Crippen molar-refractivity contribution < 1.29 is 22.4 Å². The molecule has 0 unspecified atom stereocenters. The highest BCUT2D eigenvalue weighted by molar-refractivity contribution is 7.89. The molecule has 156 valence electrons. The summed E-state index contributed by atoms with van der Waals surface area (Å²) in [6.45, 7) is 0.943. The predicted octanol–water partition coefficient (Wildman–Crippen LogP) is 3.87. The maximum atomic E-state index is 12.8. The number of piperidine rings is 1. The lowest BCUT2D eigenvalue weighted by Crippen LogP contribution is -2.35. The first-order valence-electron chi connectivity index (χ1n) is 9.81. The van der Waals surface area contributed by atoms with Gasteiger partial charge < -0.3 is 9.15 Å². The Morgan fingerprint density at radius 1 is 1.03 bits per heavy atom. The van der Waals surface area contributed by atoms with E-state index in [1.807, 2.05) is 30.3 Å². The van der Waals surface area contributed by atoms with Crippen LogP contribution in [0.25, 0.3) is 11.5 Å². The number of nitrogens with zero attached hydrogens (tertiary/aromatic N) is 2. The molecule has 1 aliphatic rings. The number of hydrogen-bond acceptors (Lipinski definition) is 6. The predicted molar refractivity (Wildman–Crippen MR) is 110 cm³/mol. The van der Waals surface area contributed by atoms with Crippen molar-refractivity contribution in [2.75, 3.05) is 13.1 Å². The number of rotatable bonds is 6. The van der Waals surface area contributed by atoms with Gasteiger partial charge in [-0.15, -0.1) is 0 Å². The number of benzene rings is 2. The van der Waals surface area contributed by atoms with Gasteiger partial charge in [-0.3, -0.25) is 0 Å². The van der Waals surface area contributed by atoms with Gasteiger partial charge in [0, 0.05) is 18.7 Å². The van der Waals surface area contributed by atoms with Gasteiger partial charge in [-0.05, 0) is 43.2 Å². The Bertz CT molecular complexity index is 1120. The van der Waals surface area contributed by atoms with Crippen molar-refractivity contribution in [1.29, 1.82) is 0 Å².